The summed E-state index contributed by atoms with van der Waals surface area (Å²) in [7, 11) is 7.01. The maximum absolute atomic E-state index is 12.4. The van der Waals surface area contributed by atoms with Crippen LogP contribution in [-0.2, 0) is 13.7 Å². The van der Waals surface area contributed by atoms with Crippen molar-refractivity contribution in [1.29, 1.82) is 0 Å². The molecule has 0 atom stereocenters. The van der Waals surface area contributed by atoms with Crippen LogP contribution in [0.15, 0.2) is 30.3 Å². The summed E-state index contributed by atoms with van der Waals surface area (Å²) >= 11 is 14.3. The van der Waals surface area contributed by atoms with Crippen LogP contribution in [0.25, 0.3) is 5.57 Å². The molecule has 10 heteroatoms. The van der Waals surface area contributed by atoms with Crippen molar-refractivity contribution in [2.24, 2.45) is 0 Å². The molecule has 0 aliphatic heterocycles. The maximum atomic E-state index is 12.4. The van der Waals surface area contributed by atoms with Gasteiger partial charge in [0.05, 0.1) is 45.6 Å². The van der Waals surface area contributed by atoms with E-state index in [1.165, 1.54) is 40.5 Å². The van der Waals surface area contributed by atoms with E-state index in [0.29, 0.717) is 23.1 Å². The minimum Gasteiger partial charge on any atom is -0.494 e. The third-order valence-electron chi connectivity index (χ3n) is 4.83. The number of benzene rings is 2. The predicted molar refractivity (Wildman–Crippen MR) is 134 cm³/mol. The lowest BCUT2D eigenvalue weighted by atomic mass is 9.93. The Morgan fingerprint density at radius 3 is 1.68 bits per heavy atom. The average Bonchev–Trinajstić information content (AvgIpc) is 2.84. The van der Waals surface area contributed by atoms with E-state index in [0.717, 1.165) is 12.2 Å². The summed E-state index contributed by atoms with van der Waals surface area (Å²) < 4.78 is 25.5. The fraction of sp³-hybridized carbons (Fsp3) is 0.333. The number of hydrogen-bond acceptors (Lipinski definition) is 8. The summed E-state index contributed by atoms with van der Waals surface area (Å²) in [6, 6.07) is 6.61. The molecule has 0 amide bonds. The van der Waals surface area contributed by atoms with Crippen LogP contribution in [0.5, 0.6) is 11.5 Å². The van der Waals surface area contributed by atoms with E-state index in [1.54, 1.807) is 31.4 Å². The number of hydrogen-bond donors (Lipinski definition) is 0. The van der Waals surface area contributed by atoms with E-state index >= 15 is 0 Å². The van der Waals surface area contributed by atoms with Gasteiger partial charge in [0.15, 0.2) is 11.5 Å². The zero-order valence-electron chi connectivity index (χ0n) is 19.5. The van der Waals surface area contributed by atoms with Crippen molar-refractivity contribution in [3.05, 3.63) is 62.6 Å². The lowest BCUT2D eigenvalue weighted by Crippen LogP contribution is -2.07. The van der Waals surface area contributed by atoms with Gasteiger partial charge in [-0.1, -0.05) is 29.3 Å². The third-order valence-corrected chi connectivity index (χ3v) is 6.08. The molecular formula is C24H26Cl2O7S. The molecular weight excluding hydrogens is 503 g/mol. The van der Waals surface area contributed by atoms with Gasteiger partial charge in [0, 0.05) is 5.75 Å². The largest absolute Gasteiger partial charge is 0.494 e. The van der Waals surface area contributed by atoms with Gasteiger partial charge in [-0.05, 0) is 65.8 Å². The van der Waals surface area contributed by atoms with Crippen molar-refractivity contribution >= 4 is 52.8 Å². The number of allylic oxidation sites excluding steroid dienone is 1. The zero-order valence-corrected chi connectivity index (χ0v) is 21.9. The minimum absolute atomic E-state index is 0.168. The molecule has 2 aromatic rings. The van der Waals surface area contributed by atoms with E-state index in [2.05, 4.69) is 0 Å². The standard InChI is InChI=1S/C24H26Cl2O7S/c1-29-21-17(23(27)31-3)10-14(12-19(21)25)16(8-6-7-9-34-33-5)15-11-18(24(28)32-4)22(30-2)20(26)13-15/h8,10-13H,6-7,9H2,1-5H3. The first kappa shape index (κ1) is 27.9. The van der Waals surface area contributed by atoms with E-state index in [9.17, 15) is 9.59 Å². The molecule has 184 valence electrons. The fourth-order valence-corrected chi connectivity index (χ4v) is 4.35. The number of methoxy groups -OCH3 is 4. The van der Waals surface area contributed by atoms with Crippen LogP contribution in [0.1, 0.15) is 44.7 Å². The van der Waals surface area contributed by atoms with E-state index < -0.39 is 11.9 Å². The number of halogens is 2. The Morgan fingerprint density at radius 1 is 0.824 bits per heavy atom. The molecule has 0 spiro atoms. The van der Waals surface area contributed by atoms with Crippen LogP contribution in [0, 0.1) is 0 Å². The normalized spacial score (nSPS) is 10.4. The zero-order chi connectivity index (χ0) is 25.3. The van der Waals surface area contributed by atoms with Crippen LogP contribution in [0.4, 0.5) is 0 Å². The first-order valence-corrected chi connectivity index (χ1v) is 11.8. The molecule has 0 N–H and O–H groups in total. The maximum Gasteiger partial charge on any atom is 0.341 e. The van der Waals surface area contributed by atoms with Gasteiger partial charge in [-0.15, -0.1) is 0 Å². The van der Waals surface area contributed by atoms with Crippen LogP contribution >= 0.6 is 35.2 Å². The molecule has 2 aromatic carbocycles. The SMILES string of the molecule is COSCCCC=C(c1cc(Cl)c(OC)c(C(=O)OC)c1)c1cc(Cl)c(OC)c(C(=O)OC)c1. The molecule has 7 nitrogen and oxygen atoms in total. The molecule has 0 saturated heterocycles. The highest BCUT2D eigenvalue weighted by molar-refractivity contribution is 7.94. The topological polar surface area (TPSA) is 80.3 Å². The van der Waals surface area contributed by atoms with E-state index in [1.807, 2.05) is 6.08 Å². The van der Waals surface area contributed by atoms with Gasteiger partial charge in [-0.3, -0.25) is 0 Å². The van der Waals surface area contributed by atoms with Gasteiger partial charge in [0.25, 0.3) is 0 Å². The monoisotopic (exact) mass is 528 g/mol. The molecule has 0 bridgehead atoms. The van der Waals surface area contributed by atoms with Crippen molar-refractivity contribution in [3.63, 3.8) is 0 Å². The van der Waals surface area contributed by atoms with Gasteiger partial charge < -0.3 is 23.1 Å². The molecule has 0 aliphatic carbocycles. The smallest absolute Gasteiger partial charge is 0.341 e. The number of unbranched alkanes of at least 4 members (excludes halogenated alkanes) is 1. The Hall–Kier alpha value is -2.39. The minimum atomic E-state index is -0.598. The Morgan fingerprint density at radius 2 is 1.29 bits per heavy atom. The summed E-state index contributed by atoms with van der Waals surface area (Å²) in [6.07, 6.45) is 3.48. The molecule has 0 fully saturated rings. The molecule has 0 radical (unpaired) electrons. The summed E-state index contributed by atoms with van der Waals surface area (Å²) in [5.41, 5.74) is 2.26. The van der Waals surface area contributed by atoms with Gasteiger partial charge in [0.1, 0.15) is 11.1 Å². The quantitative estimate of drug-likeness (QED) is 0.197. The average molecular weight is 529 g/mol. The summed E-state index contributed by atoms with van der Waals surface area (Å²) in [5.74, 6) is -0.000405. The summed E-state index contributed by atoms with van der Waals surface area (Å²) in [5, 5.41) is 0.461. The van der Waals surface area contributed by atoms with E-state index in [4.69, 9.17) is 46.3 Å². The van der Waals surface area contributed by atoms with Crippen molar-refractivity contribution in [2.45, 2.75) is 12.8 Å². The lowest BCUT2D eigenvalue weighted by molar-refractivity contribution is 0.0588. The Bertz CT molecular complexity index is 994. The summed E-state index contributed by atoms with van der Waals surface area (Å²) in [4.78, 5) is 24.8. The highest BCUT2D eigenvalue weighted by Crippen LogP contribution is 2.39. The molecule has 0 unspecified atom stereocenters. The first-order valence-electron chi connectivity index (χ1n) is 10.1. The van der Waals surface area contributed by atoms with Crippen molar-refractivity contribution < 1.29 is 32.7 Å². The number of ether oxygens (including phenoxy) is 4. The molecule has 0 aliphatic rings. The lowest BCUT2D eigenvalue weighted by Gasteiger charge is -2.17. The van der Waals surface area contributed by atoms with Crippen molar-refractivity contribution in [2.75, 3.05) is 41.3 Å². The summed E-state index contributed by atoms with van der Waals surface area (Å²) in [6.45, 7) is 0. The van der Waals surface area contributed by atoms with Crippen LogP contribution in [-0.4, -0.2) is 53.2 Å². The van der Waals surface area contributed by atoms with Crippen LogP contribution in [0.2, 0.25) is 10.0 Å². The molecule has 2 rings (SSSR count). The second kappa shape index (κ2) is 13.5. The number of carbonyl (C=O) groups is 2. The van der Waals surface area contributed by atoms with Crippen LogP contribution in [0.3, 0.4) is 0 Å². The third kappa shape index (κ3) is 6.60. The van der Waals surface area contributed by atoms with E-state index in [-0.39, 0.29) is 32.7 Å². The number of carbonyl (C=O) groups excluding carboxylic acids is 2. The highest BCUT2D eigenvalue weighted by Gasteiger charge is 2.22. The van der Waals surface area contributed by atoms with Crippen molar-refractivity contribution in [1.82, 2.24) is 0 Å². The highest BCUT2D eigenvalue weighted by atomic mass is 35.5. The molecule has 0 heterocycles. The van der Waals surface area contributed by atoms with Gasteiger partial charge in [-0.2, -0.15) is 0 Å². The van der Waals surface area contributed by atoms with Gasteiger partial charge in [0.2, 0.25) is 0 Å². The molecule has 0 aromatic heterocycles. The first-order chi connectivity index (χ1) is 16.3. The molecule has 34 heavy (non-hydrogen) atoms. The Balaban J connectivity index is 2.73. The van der Waals surface area contributed by atoms with Crippen LogP contribution < -0.4 is 9.47 Å². The number of rotatable bonds is 11. The second-order valence-corrected chi connectivity index (χ2v) is 8.60. The predicted octanol–water partition coefficient (Wildman–Crippen LogP) is 6.09. The Labute approximate surface area is 213 Å². The second-order valence-electron chi connectivity index (χ2n) is 6.81. The fourth-order valence-electron chi connectivity index (χ4n) is 3.31. The van der Waals surface area contributed by atoms with Crippen molar-refractivity contribution in [3.8, 4) is 11.5 Å². The molecule has 0 saturated carbocycles. The van der Waals surface area contributed by atoms with Gasteiger partial charge >= 0.3 is 11.9 Å². The van der Waals surface area contributed by atoms with Gasteiger partial charge in [-0.25, -0.2) is 9.59 Å². The Kier molecular flexibility index (Phi) is 11.0. The number of esters is 2.